The zero-order valence-electron chi connectivity index (χ0n) is 21.1. The molecule has 3 aliphatic rings. The zero-order valence-corrected chi connectivity index (χ0v) is 21.9. The second-order valence-corrected chi connectivity index (χ2v) is 13.9. The second-order valence-electron chi connectivity index (χ2n) is 11.5. The lowest BCUT2D eigenvalue weighted by Crippen LogP contribution is -2.38. The van der Waals surface area contributed by atoms with Gasteiger partial charge in [-0.15, -0.1) is 0 Å². The van der Waals surface area contributed by atoms with E-state index < -0.39 is 44.4 Å². The van der Waals surface area contributed by atoms with Crippen LogP contribution in [0.15, 0.2) is 29.2 Å². The van der Waals surface area contributed by atoms with Crippen LogP contribution < -0.4 is 0 Å². The summed E-state index contributed by atoms with van der Waals surface area (Å²) < 4.78 is 79.1. The van der Waals surface area contributed by atoms with Crippen molar-refractivity contribution in [1.82, 2.24) is 4.98 Å². The Hall–Kier alpha value is -1.79. The molecule has 11 heteroatoms. The molecular formula is C26H32F5NO4S. The molecule has 0 saturated carbocycles. The van der Waals surface area contributed by atoms with Gasteiger partial charge in [0.25, 0.3) is 0 Å². The van der Waals surface area contributed by atoms with Gasteiger partial charge in [-0.2, -0.15) is 0 Å². The molecule has 2 aromatic rings. The van der Waals surface area contributed by atoms with E-state index in [1.165, 1.54) is 0 Å². The summed E-state index contributed by atoms with van der Waals surface area (Å²) in [5, 5.41) is 22.6. The third-order valence-corrected chi connectivity index (χ3v) is 9.08. The standard InChI is InChI=1S/C26H32F5NO4S/c1-14(2)21-19-20(18-17(33)13-25(3,4)24(34)22(18)32-21)26(9-11-35-12-10-26)36-23(19)15-5-7-16(8-6-15)37(27,28,29,30)31/h5-8,14,17,23-24,33-34H,9-13H2,1-4H3/t17?,23-,24+/m1/s1. The second kappa shape index (κ2) is 7.65. The molecule has 1 aliphatic carbocycles. The van der Waals surface area contributed by atoms with E-state index >= 15 is 0 Å². The summed E-state index contributed by atoms with van der Waals surface area (Å²) in [7, 11) is -9.83. The normalized spacial score (nSPS) is 28.5. The fourth-order valence-corrected chi connectivity index (χ4v) is 6.67. The first-order valence-corrected chi connectivity index (χ1v) is 14.3. The van der Waals surface area contributed by atoms with E-state index in [2.05, 4.69) is 0 Å². The molecule has 5 rings (SSSR count). The highest BCUT2D eigenvalue weighted by Gasteiger charge is 2.65. The predicted molar refractivity (Wildman–Crippen MR) is 129 cm³/mol. The Bertz CT molecular complexity index is 1240. The van der Waals surface area contributed by atoms with E-state index in [9.17, 15) is 29.6 Å². The van der Waals surface area contributed by atoms with Gasteiger partial charge in [0.05, 0.1) is 17.4 Å². The van der Waals surface area contributed by atoms with Crippen LogP contribution in [0, 0.1) is 5.41 Å². The van der Waals surface area contributed by atoms with Gasteiger partial charge in [0, 0.05) is 42.9 Å². The number of benzene rings is 1. The van der Waals surface area contributed by atoms with Crippen molar-refractivity contribution < 1.29 is 39.1 Å². The van der Waals surface area contributed by atoms with Crippen molar-refractivity contribution in [2.24, 2.45) is 5.41 Å². The molecule has 206 valence electrons. The molecule has 1 aromatic carbocycles. The molecule has 37 heavy (non-hydrogen) atoms. The van der Waals surface area contributed by atoms with Gasteiger partial charge in [0.2, 0.25) is 0 Å². The van der Waals surface area contributed by atoms with Gasteiger partial charge in [0.15, 0.2) is 0 Å². The number of aliphatic hydroxyl groups excluding tert-OH is 2. The smallest absolute Gasteiger partial charge is 0.310 e. The maximum absolute atomic E-state index is 13.4. The molecule has 2 N–H and O–H groups in total. The molecule has 1 unspecified atom stereocenters. The number of aromatic nitrogens is 1. The number of aliphatic hydroxyl groups is 2. The van der Waals surface area contributed by atoms with E-state index in [-0.39, 0.29) is 17.9 Å². The average Bonchev–Trinajstić information content (AvgIpc) is 3.09. The monoisotopic (exact) mass is 549 g/mol. The summed E-state index contributed by atoms with van der Waals surface area (Å²) in [6.07, 6.45) is -1.61. The van der Waals surface area contributed by atoms with Gasteiger partial charge in [-0.05, 0) is 41.0 Å². The van der Waals surface area contributed by atoms with Crippen molar-refractivity contribution in [3.63, 3.8) is 0 Å². The fourth-order valence-electron chi connectivity index (χ4n) is 6.02. The van der Waals surface area contributed by atoms with Gasteiger partial charge in [-0.3, -0.25) is 4.98 Å². The molecule has 0 bridgehead atoms. The molecule has 2 aliphatic heterocycles. The highest BCUT2D eigenvalue weighted by atomic mass is 32.5. The topological polar surface area (TPSA) is 71.8 Å². The predicted octanol–water partition coefficient (Wildman–Crippen LogP) is 7.48. The van der Waals surface area contributed by atoms with Gasteiger partial charge < -0.3 is 19.7 Å². The largest absolute Gasteiger partial charge is 0.388 e. The first kappa shape index (κ1) is 26.8. The van der Waals surface area contributed by atoms with Crippen LogP contribution in [-0.4, -0.2) is 28.4 Å². The number of nitrogens with zero attached hydrogens (tertiary/aromatic N) is 1. The number of ether oxygens (including phenoxy) is 2. The molecule has 0 radical (unpaired) electrons. The first-order valence-electron chi connectivity index (χ1n) is 12.4. The van der Waals surface area contributed by atoms with Crippen molar-refractivity contribution in [2.75, 3.05) is 13.2 Å². The molecule has 1 aromatic heterocycles. The molecule has 1 fully saturated rings. The SMILES string of the molecule is CC(C)c1nc2c(c3c1[C@@H](c1ccc(S(F)(F)(F)(F)F)cc1)OC31CCOCC1)C(O)CC(C)(C)[C@H]2O. The Balaban J connectivity index is 1.76. The number of hydrogen-bond acceptors (Lipinski definition) is 5. The van der Waals surface area contributed by atoms with Crippen molar-refractivity contribution in [2.45, 2.75) is 81.7 Å². The van der Waals surface area contributed by atoms with Crippen LogP contribution in [0.4, 0.5) is 19.4 Å². The van der Waals surface area contributed by atoms with E-state index in [1.807, 2.05) is 27.7 Å². The van der Waals surface area contributed by atoms with Gasteiger partial charge in [-0.1, -0.05) is 59.3 Å². The minimum atomic E-state index is -9.83. The summed E-state index contributed by atoms with van der Waals surface area (Å²) in [6, 6.07) is 2.85. The number of rotatable bonds is 3. The summed E-state index contributed by atoms with van der Waals surface area (Å²) in [5.41, 5.74) is 1.54. The quantitative estimate of drug-likeness (QED) is 0.388. The number of fused-ring (bicyclic) bond motifs is 4. The highest BCUT2D eigenvalue weighted by Crippen LogP contribution is 3.02. The van der Waals surface area contributed by atoms with Crippen LogP contribution in [0.3, 0.4) is 0 Å². The minimum Gasteiger partial charge on any atom is -0.388 e. The third-order valence-electron chi connectivity index (χ3n) is 7.92. The number of hydrogen-bond donors (Lipinski definition) is 2. The Morgan fingerprint density at radius 3 is 2.11 bits per heavy atom. The lowest BCUT2D eigenvalue weighted by molar-refractivity contribution is -0.123. The molecule has 5 nitrogen and oxygen atoms in total. The lowest BCUT2D eigenvalue weighted by atomic mass is 9.68. The van der Waals surface area contributed by atoms with Crippen molar-refractivity contribution >= 4 is 10.2 Å². The number of halogens is 5. The van der Waals surface area contributed by atoms with E-state index in [0.29, 0.717) is 66.3 Å². The summed E-state index contributed by atoms with van der Waals surface area (Å²) in [4.78, 5) is 2.87. The lowest BCUT2D eigenvalue weighted by Gasteiger charge is -2.42. The van der Waals surface area contributed by atoms with Crippen LogP contribution in [0.5, 0.6) is 0 Å². The van der Waals surface area contributed by atoms with Gasteiger partial charge in [-0.25, -0.2) is 0 Å². The molecule has 3 heterocycles. The van der Waals surface area contributed by atoms with Gasteiger partial charge >= 0.3 is 10.2 Å². The van der Waals surface area contributed by atoms with Crippen LogP contribution in [0.25, 0.3) is 0 Å². The zero-order chi connectivity index (χ0) is 27.2. The Kier molecular flexibility index (Phi) is 5.54. The van der Waals surface area contributed by atoms with Crippen LogP contribution in [-0.2, 0) is 15.1 Å². The maximum Gasteiger partial charge on any atom is 0.310 e. The molecular weight excluding hydrogens is 517 g/mol. The van der Waals surface area contributed by atoms with E-state index in [4.69, 9.17) is 14.5 Å². The van der Waals surface area contributed by atoms with Crippen molar-refractivity contribution in [1.29, 1.82) is 0 Å². The summed E-state index contributed by atoms with van der Waals surface area (Å²) >= 11 is 0. The van der Waals surface area contributed by atoms with Crippen LogP contribution in [0.2, 0.25) is 0 Å². The van der Waals surface area contributed by atoms with Crippen LogP contribution >= 0.6 is 10.2 Å². The fraction of sp³-hybridized carbons (Fsp3) is 0.577. The van der Waals surface area contributed by atoms with Crippen molar-refractivity contribution in [3.05, 3.63) is 57.9 Å². The molecule has 0 amide bonds. The number of pyridine rings is 1. The Morgan fingerprint density at radius 2 is 1.57 bits per heavy atom. The average molecular weight is 550 g/mol. The van der Waals surface area contributed by atoms with Crippen molar-refractivity contribution in [3.8, 4) is 0 Å². The third kappa shape index (κ3) is 4.36. The van der Waals surface area contributed by atoms with Crippen LogP contribution in [0.1, 0.15) is 105 Å². The molecule has 1 spiro atoms. The minimum absolute atomic E-state index is 0.154. The summed E-state index contributed by atoms with van der Waals surface area (Å²) in [5.74, 6) is -0.154. The first-order chi connectivity index (χ1) is 16.8. The molecule has 3 atom stereocenters. The Morgan fingerprint density at radius 1 is 0.973 bits per heavy atom. The highest BCUT2D eigenvalue weighted by molar-refractivity contribution is 8.45. The van der Waals surface area contributed by atoms with E-state index in [0.717, 1.165) is 12.1 Å². The van der Waals surface area contributed by atoms with Gasteiger partial charge in [0.1, 0.15) is 17.1 Å². The van der Waals surface area contributed by atoms with E-state index in [1.54, 1.807) is 0 Å². The summed E-state index contributed by atoms with van der Waals surface area (Å²) in [6.45, 7) is 8.28. The Labute approximate surface area is 212 Å². The molecule has 1 saturated heterocycles. The maximum atomic E-state index is 13.4.